The Bertz CT molecular complexity index is 763. The topological polar surface area (TPSA) is 39.2 Å². The van der Waals surface area contributed by atoms with Gasteiger partial charge in [-0.05, 0) is 49.6 Å². The van der Waals surface area contributed by atoms with Crippen molar-refractivity contribution in [1.82, 2.24) is 0 Å². The van der Waals surface area contributed by atoms with E-state index in [2.05, 4.69) is 31.2 Å². The number of furan rings is 1. The van der Waals surface area contributed by atoms with Crippen LogP contribution in [0.2, 0.25) is 0 Å². The van der Waals surface area contributed by atoms with Gasteiger partial charge in [0.1, 0.15) is 17.2 Å². The van der Waals surface area contributed by atoms with E-state index in [4.69, 9.17) is 10.2 Å². The van der Waals surface area contributed by atoms with Crippen LogP contribution in [0.3, 0.4) is 0 Å². The second-order valence-electron chi connectivity index (χ2n) is 5.47. The molecule has 0 bridgehead atoms. The van der Waals surface area contributed by atoms with Gasteiger partial charge in [0.15, 0.2) is 0 Å². The molecule has 2 aromatic carbocycles. The van der Waals surface area contributed by atoms with E-state index in [9.17, 15) is 4.39 Å². The Hall–Kier alpha value is -2.13. The van der Waals surface area contributed by atoms with Crippen molar-refractivity contribution in [2.24, 2.45) is 5.73 Å². The van der Waals surface area contributed by atoms with Crippen LogP contribution < -0.4 is 5.73 Å². The molecule has 0 saturated heterocycles. The van der Waals surface area contributed by atoms with Crippen LogP contribution in [0, 0.1) is 12.7 Å². The molecule has 3 rings (SSSR count). The summed E-state index contributed by atoms with van der Waals surface area (Å²) in [6, 6.07) is 14.6. The maximum absolute atomic E-state index is 13.2. The SMILES string of the molecule is Cc1cccc(CCC(N)c2cc3cc(F)ccc3o2)c1. The lowest BCUT2D eigenvalue weighted by Crippen LogP contribution is -2.10. The van der Waals surface area contributed by atoms with Gasteiger partial charge in [0.25, 0.3) is 0 Å². The summed E-state index contributed by atoms with van der Waals surface area (Å²) in [5.74, 6) is 0.450. The highest BCUT2D eigenvalue weighted by molar-refractivity contribution is 5.78. The number of aryl methyl sites for hydroxylation is 2. The average Bonchev–Trinajstić information content (AvgIpc) is 2.88. The number of nitrogens with two attached hydrogens (primary N) is 1. The highest BCUT2D eigenvalue weighted by Crippen LogP contribution is 2.26. The molecule has 1 heterocycles. The molecule has 0 saturated carbocycles. The molecule has 3 heteroatoms. The Morgan fingerprint density at radius 1 is 1.14 bits per heavy atom. The van der Waals surface area contributed by atoms with Crippen molar-refractivity contribution >= 4 is 11.0 Å². The van der Waals surface area contributed by atoms with Crippen molar-refractivity contribution in [3.8, 4) is 0 Å². The maximum Gasteiger partial charge on any atom is 0.134 e. The van der Waals surface area contributed by atoms with Gasteiger partial charge in [-0.2, -0.15) is 0 Å². The molecule has 1 aromatic heterocycles. The largest absolute Gasteiger partial charge is 0.459 e. The van der Waals surface area contributed by atoms with Gasteiger partial charge in [0.05, 0.1) is 6.04 Å². The summed E-state index contributed by atoms with van der Waals surface area (Å²) < 4.78 is 18.9. The molecule has 1 atom stereocenters. The number of fused-ring (bicyclic) bond motifs is 1. The summed E-state index contributed by atoms with van der Waals surface area (Å²) in [5, 5.41) is 0.760. The minimum atomic E-state index is -0.261. The van der Waals surface area contributed by atoms with Gasteiger partial charge in [-0.15, -0.1) is 0 Å². The van der Waals surface area contributed by atoms with E-state index < -0.39 is 0 Å². The zero-order chi connectivity index (χ0) is 14.8. The first kappa shape index (κ1) is 13.8. The lowest BCUT2D eigenvalue weighted by Gasteiger charge is -2.08. The molecule has 0 spiro atoms. The standard InChI is InChI=1S/C18H18FNO/c1-12-3-2-4-13(9-12)5-7-16(20)18-11-14-10-15(19)6-8-17(14)21-18/h2-4,6,8-11,16H,5,7,20H2,1H3. The molecule has 1 unspecified atom stereocenters. The maximum atomic E-state index is 13.2. The summed E-state index contributed by atoms with van der Waals surface area (Å²) in [6.45, 7) is 2.08. The van der Waals surface area contributed by atoms with E-state index >= 15 is 0 Å². The van der Waals surface area contributed by atoms with Crippen LogP contribution >= 0.6 is 0 Å². The van der Waals surface area contributed by atoms with E-state index in [1.807, 2.05) is 6.07 Å². The molecular formula is C18H18FNO. The fourth-order valence-corrected chi connectivity index (χ4v) is 2.55. The Kier molecular flexibility index (Phi) is 3.76. The third-order valence-corrected chi connectivity index (χ3v) is 3.69. The van der Waals surface area contributed by atoms with Crippen molar-refractivity contribution in [1.29, 1.82) is 0 Å². The Balaban J connectivity index is 1.73. The Morgan fingerprint density at radius 2 is 2.00 bits per heavy atom. The van der Waals surface area contributed by atoms with Gasteiger partial charge in [-0.25, -0.2) is 4.39 Å². The van der Waals surface area contributed by atoms with Gasteiger partial charge >= 0.3 is 0 Å². The molecule has 0 radical (unpaired) electrons. The first-order valence-electron chi connectivity index (χ1n) is 7.12. The number of hydrogen-bond donors (Lipinski definition) is 1. The van der Waals surface area contributed by atoms with Gasteiger partial charge in [0, 0.05) is 5.39 Å². The third kappa shape index (κ3) is 3.14. The van der Waals surface area contributed by atoms with Crippen molar-refractivity contribution in [2.45, 2.75) is 25.8 Å². The first-order valence-corrected chi connectivity index (χ1v) is 7.12. The lowest BCUT2D eigenvalue weighted by molar-refractivity contribution is 0.478. The smallest absolute Gasteiger partial charge is 0.134 e. The minimum absolute atomic E-state index is 0.180. The molecular weight excluding hydrogens is 265 g/mol. The van der Waals surface area contributed by atoms with Crippen LogP contribution in [0.1, 0.15) is 29.3 Å². The molecule has 3 aromatic rings. The quantitative estimate of drug-likeness (QED) is 0.765. The van der Waals surface area contributed by atoms with Gasteiger partial charge in [-0.1, -0.05) is 29.8 Å². The fraction of sp³-hybridized carbons (Fsp3) is 0.222. The van der Waals surface area contributed by atoms with Crippen LogP contribution in [0.5, 0.6) is 0 Å². The van der Waals surface area contributed by atoms with Crippen LogP contribution in [0.25, 0.3) is 11.0 Å². The van der Waals surface area contributed by atoms with E-state index in [0.717, 1.165) is 18.2 Å². The van der Waals surface area contributed by atoms with Gasteiger partial charge < -0.3 is 10.2 Å². The fourth-order valence-electron chi connectivity index (χ4n) is 2.55. The molecule has 21 heavy (non-hydrogen) atoms. The second-order valence-corrected chi connectivity index (χ2v) is 5.47. The molecule has 0 amide bonds. The van der Waals surface area contributed by atoms with E-state index in [1.54, 1.807) is 6.07 Å². The summed E-state index contributed by atoms with van der Waals surface area (Å²) in [6.07, 6.45) is 1.69. The Labute approximate surface area is 123 Å². The van der Waals surface area contributed by atoms with Crippen LogP contribution in [0.4, 0.5) is 4.39 Å². The van der Waals surface area contributed by atoms with Gasteiger partial charge in [-0.3, -0.25) is 0 Å². The third-order valence-electron chi connectivity index (χ3n) is 3.69. The lowest BCUT2D eigenvalue weighted by atomic mass is 10.0. The van der Waals surface area contributed by atoms with Crippen molar-refractivity contribution < 1.29 is 8.81 Å². The van der Waals surface area contributed by atoms with Crippen molar-refractivity contribution in [2.75, 3.05) is 0 Å². The zero-order valence-electron chi connectivity index (χ0n) is 12.0. The number of rotatable bonds is 4. The highest BCUT2D eigenvalue weighted by Gasteiger charge is 2.12. The van der Waals surface area contributed by atoms with Crippen LogP contribution in [-0.4, -0.2) is 0 Å². The minimum Gasteiger partial charge on any atom is -0.459 e. The molecule has 2 N–H and O–H groups in total. The summed E-state index contributed by atoms with van der Waals surface area (Å²) in [5.41, 5.74) is 9.39. The van der Waals surface area contributed by atoms with Crippen molar-refractivity contribution in [3.63, 3.8) is 0 Å². The van der Waals surface area contributed by atoms with E-state index in [0.29, 0.717) is 11.3 Å². The number of halogens is 1. The Morgan fingerprint density at radius 3 is 2.81 bits per heavy atom. The highest BCUT2D eigenvalue weighted by atomic mass is 19.1. The second kappa shape index (κ2) is 5.70. The van der Waals surface area contributed by atoms with E-state index in [-0.39, 0.29) is 11.9 Å². The average molecular weight is 283 g/mol. The monoisotopic (exact) mass is 283 g/mol. The summed E-state index contributed by atoms with van der Waals surface area (Å²) in [7, 11) is 0. The number of hydrogen-bond acceptors (Lipinski definition) is 2. The van der Waals surface area contributed by atoms with Crippen LogP contribution in [-0.2, 0) is 6.42 Å². The molecule has 0 fully saturated rings. The summed E-state index contributed by atoms with van der Waals surface area (Å²) >= 11 is 0. The number of benzene rings is 2. The molecule has 0 aliphatic carbocycles. The molecule has 108 valence electrons. The molecule has 0 aliphatic rings. The predicted octanol–water partition coefficient (Wildman–Crippen LogP) is 4.51. The molecule has 2 nitrogen and oxygen atoms in total. The van der Waals surface area contributed by atoms with Gasteiger partial charge in [0.2, 0.25) is 0 Å². The zero-order valence-corrected chi connectivity index (χ0v) is 12.0. The molecule has 0 aliphatic heterocycles. The summed E-state index contributed by atoms with van der Waals surface area (Å²) in [4.78, 5) is 0. The van der Waals surface area contributed by atoms with Crippen LogP contribution in [0.15, 0.2) is 52.9 Å². The normalized spacial score (nSPS) is 12.7. The van der Waals surface area contributed by atoms with Crippen molar-refractivity contribution in [3.05, 3.63) is 71.2 Å². The predicted molar refractivity (Wildman–Crippen MR) is 82.6 cm³/mol. The first-order chi connectivity index (χ1) is 10.1. The van der Waals surface area contributed by atoms with E-state index in [1.165, 1.54) is 23.3 Å².